The van der Waals surface area contributed by atoms with Gasteiger partial charge in [0.25, 0.3) is 0 Å². The molecule has 0 aliphatic heterocycles. The number of carbonyl (C=O) groups excluding carboxylic acids is 1. The van der Waals surface area contributed by atoms with E-state index in [-0.39, 0.29) is 5.91 Å². The second kappa shape index (κ2) is 11.2. The summed E-state index contributed by atoms with van der Waals surface area (Å²) >= 11 is 6.44. The van der Waals surface area contributed by atoms with Crippen molar-refractivity contribution in [2.45, 2.75) is 90.0 Å². The fraction of sp³-hybridized carbons (Fsp3) is 0.577. The van der Waals surface area contributed by atoms with Crippen LogP contribution in [0.3, 0.4) is 0 Å². The van der Waals surface area contributed by atoms with Crippen LogP contribution in [0.2, 0.25) is 5.02 Å². The zero-order valence-electron chi connectivity index (χ0n) is 19.8. The van der Waals surface area contributed by atoms with Crippen molar-refractivity contribution in [2.75, 3.05) is 16.0 Å². The van der Waals surface area contributed by atoms with Gasteiger partial charge in [0, 0.05) is 13.0 Å². The molecular weight excluding hydrogens is 434 g/mol. The van der Waals surface area contributed by atoms with Crippen LogP contribution in [0.25, 0.3) is 0 Å². The number of nitrogens with one attached hydrogen (secondary N) is 3. The van der Waals surface area contributed by atoms with Crippen molar-refractivity contribution >= 4 is 40.6 Å². The SMILES string of the molecule is CC(=O)Nc1cc(C2CCCCCC2)ccc1Nc1nc(N[C@H]2CCC[C@@H](C)C2)ncc1Cl. The van der Waals surface area contributed by atoms with Gasteiger partial charge in [0.15, 0.2) is 5.82 Å². The Labute approximate surface area is 202 Å². The van der Waals surface area contributed by atoms with Crippen LogP contribution in [0.15, 0.2) is 24.4 Å². The van der Waals surface area contributed by atoms with E-state index in [1.807, 2.05) is 6.07 Å². The molecule has 6 nitrogen and oxygen atoms in total. The highest BCUT2D eigenvalue weighted by Crippen LogP contribution is 2.36. The number of nitrogens with zero attached hydrogens (tertiary/aromatic N) is 2. The smallest absolute Gasteiger partial charge is 0.224 e. The number of carbonyl (C=O) groups is 1. The topological polar surface area (TPSA) is 78.9 Å². The number of anilines is 4. The van der Waals surface area contributed by atoms with Crippen molar-refractivity contribution in [3.63, 3.8) is 0 Å². The molecular formula is C26H36ClN5O. The summed E-state index contributed by atoms with van der Waals surface area (Å²) in [6.45, 7) is 3.83. The predicted octanol–water partition coefficient (Wildman–Crippen LogP) is 7.26. The second-order valence-electron chi connectivity index (χ2n) is 9.80. The van der Waals surface area contributed by atoms with Gasteiger partial charge in [0.2, 0.25) is 11.9 Å². The Morgan fingerprint density at radius 3 is 2.55 bits per heavy atom. The van der Waals surface area contributed by atoms with E-state index >= 15 is 0 Å². The maximum absolute atomic E-state index is 11.9. The minimum absolute atomic E-state index is 0.0985. The maximum atomic E-state index is 11.9. The van der Waals surface area contributed by atoms with Gasteiger partial charge in [-0.2, -0.15) is 4.98 Å². The van der Waals surface area contributed by atoms with Crippen molar-refractivity contribution in [1.82, 2.24) is 9.97 Å². The minimum Gasteiger partial charge on any atom is -0.351 e. The van der Waals surface area contributed by atoms with Crippen LogP contribution in [0, 0.1) is 5.92 Å². The van der Waals surface area contributed by atoms with E-state index in [4.69, 9.17) is 11.6 Å². The Hall–Kier alpha value is -2.34. The summed E-state index contributed by atoms with van der Waals surface area (Å²) < 4.78 is 0. The lowest BCUT2D eigenvalue weighted by atomic mass is 9.87. The van der Waals surface area contributed by atoms with E-state index in [0.717, 1.165) is 24.2 Å². The van der Waals surface area contributed by atoms with Crippen molar-refractivity contribution in [1.29, 1.82) is 0 Å². The first kappa shape index (κ1) is 23.8. The summed E-state index contributed by atoms with van der Waals surface area (Å²) in [4.78, 5) is 21.0. The summed E-state index contributed by atoms with van der Waals surface area (Å²) in [5.74, 6) is 2.28. The molecule has 4 rings (SSSR count). The Kier molecular flexibility index (Phi) is 8.07. The Balaban J connectivity index is 1.54. The molecule has 2 aromatic rings. The standard InChI is InChI=1S/C26H36ClN5O/c1-17-8-7-11-21(14-17)30-26-28-16-22(27)25(32-26)31-23-13-12-20(15-24(23)29-18(2)33)19-9-5-3-4-6-10-19/h12-13,15-17,19,21H,3-11,14H2,1-2H3,(H,29,33)(H2,28,30,31,32)/t17-,21+/m1/s1. The normalized spacial score (nSPS) is 21.8. The fourth-order valence-electron chi connectivity index (χ4n) is 5.23. The number of amides is 1. The highest BCUT2D eigenvalue weighted by atomic mass is 35.5. The van der Waals surface area contributed by atoms with E-state index in [1.165, 1.54) is 63.9 Å². The van der Waals surface area contributed by atoms with E-state index in [1.54, 1.807) is 6.20 Å². The van der Waals surface area contributed by atoms with Gasteiger partial charge in [-0.15, -0.1) is 0 Å². The van der Waals surface area contributed by atoms with Crippen molar-refractivity contribution in [2.24, 2.45) is 5.92 Å². The molecule has 2 aliphatic rings. The summed E-state index contributed by atoms with van der Waals surface area (Å²) in [6.07, 6.45) is 14.0. The molecule has 3 N–H and O–H groups in total. The van der Waals surface area contributed by atoms with E-state index in [9.17, 15) is 4.79 Å². The molecule has 1 amide bonds. The average Bonchev–Trinajstić information content (AvgIpc) is 3.06. The first-order valence-corrected chi connectivity index (χ1v) is 12.8. The number of aromatic nitrogens is 2. The third-order valence-electron chi connectivity index (χ3n) is 6.95. The molecule has 1 heterocycles. The number of halogens is 1. The molecule has 7 heteroatoms. The van der Waals surface area contributed by atoms with E-state index in [2.05, 4.69) is 45.0 Å². The molecule has 178 valence electrons. The van der Waals surface area contributed by atoms with Gasteiger partial charge in [0.1, 0.15) is 5.02 Å². The average molecular weight is 470 g/mol. The number of benzene rings is 1. The second-order valence-corrected chi connectivity index (χ2v) is 10.2. The molecule has 0 spiro atoms. The lowest BCUT2D eigenvalue weighted by molar-refractivity contribution is -0.114. The van der Waals surface area contributed by atoms with E-state index < -0.39 is 0 Å². The van der Waals surface area contributed by atoms with Gasteiger partial charge in [-0.1, -0.05) is 63.1 Å². The van der Waals surface area contributed by atoms with Gasteiger partial charge in [0.05, 0.1) is 17.6 Å². The fourth-order valence-corrected chi connectivity index (χ4v) is 5.37. The number of hydrogen-bond donors (Lipinski definition) is 3. The molecule has 2 fully saturated rings. The van der Waals surface area contributed by atoms with Crippen LogP contribution in [-0.2, 0) is 4.79 Å². The molecule has 1 aromatic carbocycles. The van der Waals surface area contributed by atoms with Crippen LogP contribution in [0.1, 0.15) is 89.5 Å². The molecule has 33 heavy (non-hydrogen) atoms. The quantitative estimate of drug-likeness (QED) is 0.388. The van der Waals surface area contributed by atoms with Gasteiger partial charge in [-0.05, 0) is 55.2 Å². The summed E-state index contributed by atoms with van der Waals surface area (Å²) in [6, 6.07) is 6.69. The maximum Gasteiger partial charge on any atom is 0.224 e. The highest BCUT2D eigenvalue weighted by molar-refractivity contribution is 6.33. The van der Waals surface area contributed by atoms with Crippen LogP contribution in [0.5, 0.6) is 0 Å². The Bertz CT molecular complexity index is 958. The molecule has 2 saturated carbocycles. The van der Waals surface area contributed by atoms with Gasteiger partial charge < -0.3 is 16.0 Å². The zero-order chi connectivity index (χ0) is 23.2. The van der Waals surface area contributed by atoms with Gasteiger partial charge in [-0.25, -0.2) is 4.98 Å². The van der Waals surface area contributed by atoms with E-state index in [0.29, 0.717) is 34.7 Å². The molecule has 0 radical (unpaired) electrons. The summed E-state index contributed by atoms with van der Waals surface area (Å²) in [5, 5.41) is 10.2. The zero-order valence-corrected chi connectivity index (χ0v) is 20.5. The predicted molar refractivity (Wildman–Crippen MR) is 137 cm³/mol. The van der Waals surface area contributed by atoms with Crippen molar-refractivity contribution in [3.05, 3.63) is 35.0 Å². The lowest BCUT2D eigenvalue weighted by Gasteiger charge is -2.27. The Morgan fingerprint density at radius 1 is 1.03 bits per heavy atom. The molecule has 2 atom stereocenters. The van der Waals surface area contributed by atoms with Crippen molar-refractivity contribution < 1.29 is 4.79 Å². The van der Waals surface area contributed by atoms with Crippen molar-refractivity contribution in [3.8, 4) is 0 Å². The van der Waals surface area contributed by atoms with Crippen LogP contribution in [-0.4, -0.2) is 21.9 Å². The van der Waals surface area contributed by atoms with Crippen LogP contribution >= 0.6 is 11.6 Å². The number of rotatable bonds is 6. The monoisotopic (exact) mass is 469 g/mol. The lowest BCUT2D eigenvalue weighted by Crippen LogP contribution is -2.27. The Morgan fingerprint density at radius 2 is 1.82 bits per heavy atom. The third kappa shape index (κ3) is 6.59. The van der Waals surface area contributed by atoms with Gasteiger partial charge in [-0.3, -0.25) is 4.79 Å². The molecule has 1 aromatic heterocycles. The minimum atomic E-state index is -0.0985. The molecule has 0 bridgehead atoms. The molecule has 0 saturated heterocycles. The number of hydrogen-bond acceptors (Lipinski definition) is 5. The third-order valence-corrected chi connectivity index (χ3v) is 7.22. The van der Waals surface area contributed by atoms with Crippen LogP contribution < -0.4 is 16.0 Å². The van der Waals surface area contributed by atoms with Gasteiger partial charge >= 0.3 is 0 Å². The molecule has 0 unspecified atom stereocenters. The highest BCUT2D eigenvalue weighted by Gasteiger charge is 2.20. The summed E-state index contributed by atoms with van der Waals surface area (Å²) in [5.41, 5.74) is 2.82. The van der Waals surface area contributed by atoms with Crippen LogP contribution in [0.4, 0.5) is 23.1 Å². The first-order valence-electron chi connectivity index (χ1n) is 12.5. The largest absolute Gasteiger partial charge is 0.351 e. The molecule has 2 aliphatic carbocycles. The first-order chi connectivity index (χ1) is 16.0. The summed E-state index contributed by atoms with van der Waals surface area (Å²) in [7, 11) is 0.